The molecular formula is C8H8O3S. The molecule has 0 unspecified atom stereocenters. The molecule has 1 aromatic carbocycles. The van der Waals surface area contributed by atoms with Crippen molar-refractivity contribution in [3.63, 3.8) is 0 Å². The molecule has 0 spiro atoms. The Bertz CT molecular complexity index is 285. The van der Waals surface area contributed by atoms with Gasteiger partial charge in [-0.15, -0.1) is 0 Å². The van der Waals surface area contributed by atoms with E-state index in [0.29, 0.717) is 11.3 Å². The molecule has 0 fully saturated rings. The molecule has 0 heterocycles. The Labute approximate surface area is 75.4 Å². The SMILES string of the molecule is O=C(S)Oc1ccccc1CO. The first-order valence-electron chi connectivity index (χ1n) is 3.33. The van der Waals surface area contributed by atoms with Crippen molar-refractivity contribution in [2.24, 2.45) is 0 Å². The predicted molar refractivity (Wildman–Crippen MR) is 47.4 cm³/mol. The lowest BCUT2D eigenvalue weighted by Crippen LogP contribution is -1.99. The number of benzene rings is 1. The Hall–Kier alpha value is -1.00. The van der Waals surface area contributed by atoms with E-state index in [4.69, 9.17) is 9.84 Å². The van der Waals surface area contributed by atoms with Gasteiger partial charge in [0, 0.05) is 5.56 Å². The number of ether oxygens (including phenoxy) is 1. The minimum Gasteiger partial charge on any atom is -0.418 e. The molecule has 1 rings (SSSR count). The van der Waals surface area contributed by atoms with Crippen LogP contribution < -0.4 is 4.74 Å². The number of hydrogen-bond donors (Lipinski definition) is 2. The molecule has 3 nitrogen and oxygen atoms in total. The normalized spacial score (nSPS) is 9.50. The van der Waals surface area contributed by atoms with Crippen LogP contribution in [0.15, 0.2) is 24.3 Å². The first-order chi connectivity index (χ1) is 5.74. The van der Waals surface area contributed by atoms with E-state index in [0.717, 1.165) is 0 Å². The van der Waals surface area contributed by atoms with E-state index in [1.165, 1.54) is 0 Å². The minimum absolute atomic E-state index is 0.156. The van der Waals surface area contributed by atoms with Gasteiger partial charge in [0.2, 0.25) is 0 Å². The quantitative estimate of drug-likeness (QED) is 0.542. The highest BCUT2D eigenvalue weighted by Gasteiger charge is 2.03. The number of para-hydroxylation sites is 1. The van der Waals surface area contributed by atoms with Crippen LogP contribution in [-0.2, 0) is 6.61 Å². The van der Waals surface area contributed by atoms with Crippen LogP contribution in [0.25, 0.3) is 0 Å². The van der Waals surface area contributed by atoms with Crippen LogP contribution in [0.3, 0.4) is 0 Å². The van der Waals surface area contributed by atoms with Crippen molar-refractivity contribution in [1.82, 2.24) is 0 Å². The summed E-state index contributed by atoms with van der Waals surface area (Å²) in [6.45, 7) is -0.156. The second-order valence-electron chi connectivity index (χ2n) is 2.13. The third kappa shape index (κ3) is 2.25. The standard InChI is InChI=1S/C8H8O3S/c9-5-6-3-1-2-4-7(6)11-8(10)12/h1-4,9H,5H2,(H,10,12). The van der Waals surface area contributed by atoms with Crippen LogP contribution in [0.1, 0.15) is 5.56 Å². The van der Waals surface area contributed by atoms with Crippen molar-refractivity contribution in [3.8, 4) is 5.75 Å². The summed E-state index contributed by atoms with van der Waals surface area (Å²) < 4.78 is 4.70. The van der Waals surface area contributed by atoms with E-state index in [9.17, 15) is 4.79 Å². The molecule has 0 saturated heterocycles. The molecule has 0 amide bonds. The Balaban J connectivity index is 2.89. The summed E-state index contributed by atoms with van der Waals surface area (Å²) in [6, 6.07) is 6.73. The van der Waals surface area contributed by atoms with Gasteiger partial charge in [0.05, 0.1) is 6.61 Å². The van der Waals surface area contributed by atoms with Gasteiger partial charge in [-0.3, -0.25) is 0 Å². The van der Waals surface area contributed by atoms with Crippen molar-refractivity contribution in [1.29, 1.82) is 0 Å². The number of aliphatic hydroxyl groups excluding tert-OH is 1. The van der Waals surface area contributed by atoms with Crippen molar-refractivity contribution in [2.45, 2.75) is 6.61 Å². The van der Waals surface area contributed by atoms with E-state index in [1.807, 2.05) is 0 Å². The summed E-state index contributed by atoms with van der Waals surface area (Å²) in [6.07, 6.45) is 0. The molecule has 12 heavy (non-hydrogen) atoms. The van der Waals surface area contributed by atoms with Crippen molar-refractivity contribution in [2.75, 3.05) is 0 Å². The van der Waals surface area contributed by atoms with Gasteiger partial charge in [0.1, 0.15) is 5.75 Å². The molecule has 0 aliphatic rings. The number of carbonyl (C=O) groups is 1. The summed E-state index contributed by atoms with van der Waals surface area (Å²) in [7, 11) is 0. The molecular weight excluding hydrogens is 176 g/mol. The molecule has 64 valence electrons. The van der Waals surface area contributed by atoms with Gasteiger partial charge < -0.3 is 9.84 Å². The number of rotatable bonds is 2. The number of hydrogen-bond acceptors (Lipinski definition) is 3. The molecule has 4 heteroatoms. The minimum atomic E-state index is -0.684. The van der Waals surface area contributed by atoms with E-state index < -0.39 is 5.30 Å². The molecule has 0 radical (unpaired) electrons. The fourth-order valence-electron chi connectivity index (χ4n) is 0.828. The molecule has 1 aromatic rings. The zero-order valence-electron chi connectivity index (χ0n) is 6.23. The molecule has 0 aliphatic heterocycles. The van der Waals surface area contributed by atoms with Gasteiger partial charge in [-0.05, 0) is 6.07 Å². The fraction of sp³-hybridized carbons (Fsp3) is 0.125. The first kappa shape index (κ1) is 9.09. The Morgan fingerprint density at radius 3 is 2.75 bits per heavy atom. The van der Waals surface area contributed by atoms with Crippen molar-refractivity contribution in [3.05, 3.63) is 29.8 Å². The van der Waals surface area contributed by atoms with E-state index >= 15 is 0 Å². The summed E-state index contributed by atoms with van der Waals surface area (Å²) in [5, 5.41) is 8.13. The molecule has 0 aromatic heterocycles. The molecule has 1 N–H and O–H groups in total. The highest BCUT2D eigenvalue weighted by molar-refractivity contribution is 7.96. The van der Waals surface area contributed by atoms with Gasteiger partial charge in [-0.25, -0.2) is 4.79 Å². The van der Waals surface area contributed by atoms with Gasteiger partial charge in [-0.1, -0.05) is 30.8 Å². The number of thiol groups is 1. The van der Waals surface area contributed by atoms with Crippen molar-refractivity contribution >= 4 is 17.9 Å². The van der Waals surface area contributed by atoms with Crippen LogP contribution in [0.2, 0.25) is 0 Å². The highest BCUT2D eigenvalue weighted by atomic mass is 32.1. The average molecular weight is 184 g/mol. The maximum absolute atomic E-state index is 10.4. The summed E-state index contributed by atoms with van der Waals surface area (Å²) in [5.41, 5.74) is 0.569. The van der Waals surface area contributed by atoms with Gasteiger partial charge in [0.15, 0.2) is 0 Å². The van der Waals surface area contributed by atoms with Gasteiger partial charge in [0.25, 0.3) is 0 Å². The summed E-state index contributed by atoms with van der Waals surface area (Å²) in [5.74, 6) is 0.347. The summed E-state index contributed by atoms with van der Waals surface area (Å²) >= 11 is 3.45. The Morgan fingerprint density at radius 1 is 1.50 bits per heavy atom. The van der Waals surface area contributed by atoms with E-state index in [1.54, 1.807) is 24.3 Å². The van der Waals surface area contributed by atoms with Crippen LogP contribution in [-0.4, -0.2) is 10.4 Å². The van der Waals surface area contributed by atoms with Crippen molar-refractivity contribution < 1.29 is 14.6 Å². The molecule has 0 atom stereocenters. The third-order valence-electron chi connectivity index (χ3n) is 1.34. The van der Waals surface area contributed by atoms with E-state index in [2.05, 4.69) is 12.6 Å². The maximum atomic E-state index is 10.4. The van der Waals surface area contributed by atoms with Gasteiger partial charge >= 0.3 is 5.30 Å². The second kappa shape index (κ2) is 4.13. The predicted octanol–water partition coefficient (Wildman–Crippen LogP) is 1.61. The fourth-order valence-corrected chi connectivity index (χ4v) is 0.926. The second-order valence-corrected chi connectivity index (χ2v) is 2.50. The van der Waals surface area contributed by atoms with Crippen LogP contribution in [0.5, 0.6) is 5.75 Å². The summed E-state index contributed by atoms with van der Waals surface area (Å²) in [4.78, 5) is 10.4. The average Bonchev–Trinajstić information content (AvgIpc) is 2.04. The smallest absolute Gasteiger partial charge is 0.369 e. The highest BCUT2D eigenvalue weighted by Crippen LogP contribution is 2.18. The largest absolute Gasteiger partial charge is 0.418 e. The maximum Gasteiger partial charge on any atom is 0.369 e. The lowest BCUT2D eigenvalue weighted by atomic mass is 10.2. The zero-order chi connectivity index (χ0) is 8.97. The lowest BCUT2D eigenvalue weighted by Gasteiger charge is -2.04. The van der Waals surface area contributed by atoms with Crippen LogP contribution in [0, 0.1) is 0 Å². The topological polar surface area (TPSA) is 46.5 Å². The number of carbonyl (C=O) groups excluding carboxylic acids is 1. The zero-order valence-corrected chi connectivity index (χ0v) is 7.12. The Morgan fingerprint density at radius 2 is 2.17 bits per heavy atom. The third-order valence-corrected chi connectivity index (χ3v) is 1.43. The monoisotopic (exact) mass is 184 g/mol. The molecule has 0 bridgehead atoms. The number of aliphatic hydroxyl groups is 1. The lowest BCUT2D eigenvalue weighted by molar-refractivity contribution is 0.224. The van der Waals surface area contributed by atoms with E-state index in [-0.39, 0.29) is 6.61 Å². The van der Waals surface area contributed by atoms with Crippen LogP contribution >= 0.6 is 12.6 Å². The first-order valence-corrected chi connectivity index (χ1v) is 3.78. The molecule has 0 saturated carbocycles. The Kier molecular flexibility index (Phi) is 3.13. The van der Waals surface area contributed by atoms with Crippen LogP contribution in [0.4, 0.5) is 4.79 Å². The van der Waals surface area contributed by atoms with Gasteiger partial charge in [-0.2, -0.15) is 0 Å². The molecule has 0 aliphatic carbocycles.